The molecule has 1 aromatic rings. The van der Waals surface area contributed by atoms with E-state index in [4.69, 9.17) is 5.73 Å². The third-order valence-corrected chi connectivity index (χ3v) is 3.57. The number of hydrogen-bond donors (Lipinski definition) is 2. The molecule has 1 amide bonds. The van der Waals surface area contributed by atoms with Crippen molar-refractivity contribution in [2.75, 3.05) is 13.1 Å². The van der Waals surface area contributed by atoms with Crippen molar-refractivity contribution in [2.24, 2.45) is 11.7 Å². The molecule has 2 rings (SSSR count). The van der Waals surface area contributed by atoms with Crippen LogP contribution in [0, 0.1) is 5.92 Å². The first-order chi connectivity index (χ1) is 8.46. The molecule has 1 saturated heterocycles. The Bertz CT molecular complexity index is 436. The zero-order chi connectivity index (χ0) is 13.3. The quantitative estimate of drug-likeness (QED) is 0.812. The van der Waals surface area contributed by atoms with E-state index in [9.17, 15) is 9.90 Å². The molecule has 18 heavy (non-hydrogen) atoms. The summed E-state index contributed by atoms with van der Waals surface area (Å²) >= 11 is 0. The minimum Gasteiger partial charge on any atom is -0.386 e. The maximum Gasteiger partial charge on any atom is 0.272 e. The number of nitrogens with two attached hydrogens (primary N) is 1. The van der Waals surface area contributed by atoms with Gasteiger partial charge in [-0.1, -0.05) is 19.9 Å². The van der Waals surface area contributed by atoms with Crippen molar-refractivity contribution in [3.8, 4) is 0 Å². The van der Waals surface area contributed by atoms with Gasteiger partial charge in [0, 0.05) is 12.7 Å². The monoisotopic (exact) mass is 249 g/mol. The summed E-state index contributed by atoms with van der Waals surface area (Å²) in [7, 11) is 0. The van der Waals surface area contributed by atoms with Gasteiger partial charge < -0.3 is 15.7 Å². The van der Waals surface area contributed by atoms with E-state index in [2.05, 4.69) is 4.98 Å². The molecule has 5 heteroatoms. The topological polar surface area (TPSA) is 79.5 Å². The Morgan fingerprint density at radius 3 is 2.67 bits per heavy atom. The molecule has 0 spiro atoms. The van der Waals surface area contributed by atoms with Gasteiger partial charge in [0.25, 0.3) is 5.91 Å². The van der Waals surface area contributed by atoms with E-state index in [1.807, 2.05) is 13.8 Å². The molecule has 1 fully saturated rings. The van der Waals surface area contributed by atoms with Crippen LogP contribution in [0.4, 0.5) is 0 Å². The van der Waals surface area contributed by atoms with E-state index in [1.165, 1.54) is 0 Å². The van der Waals surface area contributed by atoms with E-state index < -0.39 is 5.60 Å². The van der Waals surface area contributed by atoms with E-state index >= 15 is 0 Å². The Morgan fingerprint density at radius 1 is 1.56 bits per heavy atom. The molecule has 98 valence electrons. The Balaban J connectivity index is 2.01. The number of rotatable bonds is 3. The molecule has 3 N–H and O–H groups in total. The van der Waals surface area contributed by atoms with Crippen LogP contribution in [0.25, 0.3) is 0 Å². The molecular formula is C13H19N3O2. The number of nitrogens with zero attached hydrogens (tertiary/aromatic N) is 2. The van der Waals surface area contributed by atoms with E-state index in [-0.39, 0.29) is 11.8 Å². The van der Waals surface area contributed by atoms with Crippen LogP contribution in [0.2, 0.25) is 0 Å². The lowest BCUT2D eigenvalue weighted by Crippen LogP contribution is -2.66. The largest absolute Gasteiger partial charge is 0.386 e. The standard InChI is InChI=1S/C13H19N3O2/c1-9(2)13(18)7-16(8-13)12(17)11-4-3-10(5-14)6-15-11/h3-4,6,9,18H,5,7-8,14H2,1-2H3. The first-order valence-corrected chi connectivity index (χ1v) is 6.13. The number of aliphatic hydroxyl groups is 1. The van der Waals surface area contributed by atoms with E-state index in [0.29, 0.717) is 25.3 Å². The highest BCUT2D eigenvalue weighted by atomic mass is 16.3. The molecular weight excluding hydrogens is 230 g/mol. The number of amides is 1. The summed E-state index contributed by atoms with van der Waals surface area (Å²) in [6.07, 6.45) is 1.61. The third-order valence-electron chi connectivity index (χ3n) is 3.57. The van der Waals surface area contributed by atoms with Crippen LogP contribution in [-0.2, 0) is 6.54 Å². The second-order valence-corrected chi connectivity index (χ2v) is 5.18. The fourth-order valence-electron chi connectivity index (χ4n) is 1.96. The second kappa shape index (κ2) is 4.66. The Labute approximate surface area is 107 Å². The molecule has 0 bridgehead atoms. The molecule has 1 aliphatic heterocycles. The summed E-state index contributed by atoms with van der Waals surface area (Å²) in [5.41, 5.74) is 6.03. The summed E-state index contributed by atoms with van der Waals surface area (Å²) in [4.78, 5) is 17.8. The number of β-amino-alcohol motifs (C(OH)–C–C–N with tert-alkyl or cyclic N) is 1. The number of aromatic nitrogens is 1. The summed E-state index contributed by atoms with van der Waals surface area (Å²) in [6.45, 7) is 5.08. The van der Waals surface area contributed by atoms with Gasteiger partial charge in [-0.25, -0.2) is 0 Å². The molecule has 5 nitrogen and oxygen atoms in total. The van der Waals surface area contributed by atoms with Gasteiger partial charge in [-0.15, -0.1) is 0 Å². The van der Waals surface area contributed by atoms with Gasteiger partial charge in [0.1, 0.15) is 11.3 Å². The van der Waals surface area contributed by atoms with Crippen LogP contribution in [0.1, 0.15) is 29.9 Å². The van der Waals surface area contributed by atoms with Gasteiger partial charge in [0.05, 0.1) is 13.1 Å². The minimum atomic E-state index is -0.743. The van der Waals surface area contributed by atoms with Crippen molar-refractivity contribution in [2.45, 2.75) is 26.0 Å². The smallest absolute Gasteiger partial charge is 0.272 e. The summed E-state index contributed by atoms with van der Waals surface area (Å²) in [5.74, 6) is 0.0121. The van der Waals surface area contributed by atoms with Crippen LogP contribution < -0.4 is 5.73 Å². The molecule has 1 aromatic heterocycles. The first kappa shape index (κ1) is 13.0. The van der Waals surface area contributed by atoms with Crippen LogP contribution in [0.5, 0.6) is 0 Å². The minimum absolute atomic E-state index is 0.135. The highest BCUT2D eigenvalue weighted by molar-refractivity contribution is 5.93. The second-order valence-electron chi connectivity index (χ2n) is 5.18. The number of pyridine rings is 1. The SMILES string of the molecule is CC(C)C1(O)CN(C(=O)c2ccc(CN)cn2)C1. The molecule has 0 aliphatic carbocycles. The maximum atomic E-state index is 12.1. The Morgan fingerprint density at radius 2 is 2.22 bits per heavy atom. The van der Waals surface area contributed by atoms with Gasteiger partial charge in [0.15, 0.2) is 0 Å². The lowest BCUT2D eigenvalue weighted by Gasteiger charge is -2.48. The van der Waals surface area contributed by atoms with Gasteiger partial charge in [0.2, 0.25) is 0 Å². The average molecular weight is 249 g/mol. The van der Waals surface area contributed by atoms with Gasteiger partial charge in [-0.3, -0.25) is 9.78 Å². The van der Waals surface area contributed by atoms with Crippen LogP contribution in [-0.4, -0.2) is 39.6 Å². The summed E-state index contributed by atoms with van der Waals surface area (Å²) in [6, 6.07) is 3.48. The predicted molar refractivity (Wildman–Crippen MR) is 67.8 cm³/mol. The van der Waals surface area contributed by atoms with Crippen LogP contribution in [0.15, 0.2) is 18.3 Å². The van der Waals surface area contributed by atoms with E-state index in [0.717, 1.165) is 5.56 Å². The highest BCUT2D eigenvalue weighted by Gasteiger charge is 2.46. The third kappa shape index (κ3) is 2.23. The summed E-state index contributed by atoms with van der Waals surface area (Å²) < 4.78 is 0. The fraction of sp³-hybridized carbons (Fsp3) is 0.538. The molecule has 0 saturated carbocycles. The zero-order valence-electron chi connectivity index (χ0n) is 10.8. The van der Waals surface area contributed by atoms with Gasteiger partial charge in [-0.2, -0.15) is 0 Å². The lowest BCUT2D eigenvalue weighted by molar-refractivity contribution is -0.111. The average Bonchev–Trinajstić information content (AvgIpc) is 2.34. The van der Waals surface area contributed by atoms with Gasteiger partial charge in [-0.05, 0) is 17.5 Å². The van der Waals surface area contributed by atoms with Crippen molar-refractivity contribution in [3.05, 3.63) is 29.6 Å². The first-order valence-electron chi connectivity index (χ1n) is 6.13. The number of carbonyl (C=O) groups is 1. The molecule has 1 aliphatic rings. The maximum absolute atomic E-state index is 12.1. The molecule has 2 heterocycles. The number of likely N-dealkylation sites (tertiary alicyclic amines) is 1. The van der Waals surface area contributed by atoms with Crippen LogP contribution in [0.3, 0.4) is 0 Å². The predicted octanol–water partition coefficient (Wildman–Crippen LogP) is 0.383. The van der Waals surface area contributed by atoms with Crippen molar-refractivity contribution in [3.63, 3.8) is 0 Å². The normalized spacial score (nSPS) is 17.7. The van der Waals surface area contributed by atoms with Crippen molar-refractivity contribution in [1.82, 2.24) is 9.88 Å². The Kier molecular flexibility index (Phi) is 3.36. The zero-order valence-corrected chi connectivity index (χ0v) is 10.8. The molecule has 0 unspecified atom stereocenters. The molecule has 0 radical (unpaired) electrons. The number of hydrogen-bond acceptors (Lipinski definition) is 4. The molecule has 0 aromatic carbocycles. The number of carbonyl (C=O) groups excluding carboxylic acids is 1. The van der Waals surface area contributed by atoms with E-state index in [1.54, 1.807) is 23.2 Å². The summed E-state index contributed by atoms with van der Waals surface area (Å²) in [5, 5.41) is 10.1. The van der Waals surface area contributed by atoms with Crippen molar-refractivity contribution >= 4 is 5.91 Å². The van der Waals surface area contributed by atoms with Crippen LogP contribution >= 0.6 is 0 Å². The fourth-order valence-corrected chi connectivity index (χ4v) is 1.96. The lowest BCUT2D eigenvalue weighted by atomic mass is 9.83. The van der Waals surface area contributed by atoms with Crippen molar-refractivity contribution in [1.29, 1.82) is 0 Å². The van der Waals surface area contributed by atoms with Gasteiger partial charge >= 0.3 is 0 Å². The molecule has 0 atom stereocenters. The highest BCUT2D eigenvalue weighted by Crippen LogP contribution is 2.29. The van der Waals surface area contributed by atoms with Crippen molar-refractivity contribution < 1.29 is 9.90 Å². The Hall–Kier alpha value is -1.46.